The zero-order valence-electron chi connectivity index (χ0n) is 30.5. The fraction of sp³-hybridized carbons (Fsp3) is 0.0980. The van der Waals surface area contributed by atoms with Crippen molar-refractivity contribution in [1.82, 2.24) is 4.57 Å². The lowest BCUT2D eigenvalue weighted by atomic mass is 9.81. The molecule has 8 aromatic rings. The average molecular weight is 683 g/mol. The van der Waals surface area contributed by atoms with Crippen LogP contribution in [-0.4, -0.2) is 11.1 Å². The molecule has 1 aliphatic rings. The fourth-order valence-corrected chi connectivity index (χ4v) is 8.34. The van der Waals surface area contributed by atoms with Crippen LogP contribution in [0.1, 0.15) is 37.5 Å². The van der Waals surface area contributed by atoms with E-state index in [2.05, 4.69) is 218 Å². The maximum Gasteiger partial charge on any atom is 0.0541 e. The summed E-state index contributed by atoms with van der Waals surface area (Å²) in [7, 11) is 0. The van der Waals surface area contributed by atoms with Gasteiger partial charge in [0, 0.05) is 39.8 Å². The third-order valence-corrected chi connectivity index (χ3v) is 11.1. The number of anilines is 2. The van der Waals surface area contributed by atoms with Crippen molar-refractivity contribution in [1.29, 1.82) is 0 Å². The third-order valence-electron chi connectivity index (χ3n) is 11.1. The van der Waals surface area contributed by atoms with Gasteiger partial charge in [-0.2, -0.15) is 0 Å². The number of nitrogens with zero attached hydrogens (tertiary/aromatic N) is 2. The van der Waals surface area contributed by atoms with Gasteiger partial charge in [-0.25, -0.2) is 0 Å². The SMILES string of the molecule is C/C=C(\C=C/CN(c1ccccc1)c1ccc(-c2ccc3c(c2)c2ccccc2n3-c2ccccc2)cc1)c1ccc2c(c1)C(C)(C)c1ccccc1-2. The second kappa shape index (κ2) is 13.3. The molecule has 1 aromatic heterocycles. The Morgan fingerprint density at radius 3 is 2.00 bits per heavy atom. The molecule has 0 atom stereocenters. The highest BCUT2D eigenvalue weighted by atomic mass is 15.1. The average Bonchev–Trinajstić information content (AvgIpc) is 3.66. The molecule has 7 aromatic carbocycles. The van der Waals surface area contributed by atoms with Crippen LogP contribution in [0.3, 0.4) is 0 Å². The van der Waals surface area contributed by atoms with Crippen LogP contribution in [-0.2, 0) is 5.41 Å². The predicted molar refractivity (Wildman–Crippen MR) is 226 cm³/mol. The van der Waals surface area contributed by atoms with E-state index in [-0.39, 0.29) is 5.41 Å². The standard InChI is InChI=1S/C51H42N2/c1-4-36(39-27-31-44-43-21-11-13-23-47(43)51(2,3)48(44)35-39)16-15-33-52(40-17-7-5-8-18-40)41-29-25-37(26-30-41)38-28-32-50-46(34-38)45-22-12-14-24-49(45)53(50)42-19-9-6-10-20-42/h4-32,34-35H,33H2,1-3H3/b16-15-,36-4+. The van der Waals surface area contributed by atoms with Crippen LogP contribution in [0.2, 0.25) is 0 Å². The lowest BCUT2D eigenvalue weighted by Gasteiger charge is -2.24. The van der Waals surface area contributed by atoms with E-state index in [1.807, 2.05) is 0 Å². The summed E-state index contributed by atoms with van der Waals surface area (Å²) in [6.45, 7) is 7.57. The van der Waals surface area contributed by atoms with E-state index in [4.69, 9.17) is 0 Å². The highest BCUT2D eigenvalue weighted by Crippen LogP contribution is 2.49. The minimum atomic E-state index is -0.0203. The van der Waals surface area contributed by atoms with Gasteiger partial charge in [-0.15, -0.1) is 0 Å². The van der Waals surface area contributed by atoms with E-state index in [1.165, 1.54) is 77.7 Å². The summed E-state index contributed by atoms with van der Waals surface area (Å²) in [5.41, 5.74) is 16.3. The fourth-order valence-electron chi connectivity index (χ4n) is 8.34. The van der Waals surface area contributed by atoms with Crippen LogP contribution in [0.15, 0.2) is 188 Å². The predicted octanol–water partition coefficient (Wildman–Crippen LogP) is 13.6. The van der Waals surface area contributed by atoms with Crippen LogP contribution in [0.5, 0.6) is 0 Å². The van der Waals surface area contributed by atoms with E-state index in [9.17, 15) is 0 Å². The zero-order valence-corrected chi connectivity index (χ0v) is 30.5. The maximum absolute atomic E-state index is 2.40. The smallest absolute Gasteiger partial charge is 0.0541 e. The normalized spacial score (nSPS) is 13.5. The van der Waals surface area contributed by atoms with Crippen molar-refractivity contribution < 1.29 is 0 Å². The quantitative estimate of drug-likeness (QED) is 0.145. The Hall–Kier alpha value is -6.38. The van der Waals surface area contributed by atoms with Gasteiger partial charge in [0.15, 0.2) is 0 Å². The number of hydrogen-bond acceptors (Lipinski definition) is 1. The molecule has 0 saturated heterocycles. The van der Waals surface area contributed by atoms with Crippen LogP contribution in [0, 0.1) is 0 Å². The Labute approximate surface area is 312 Å². The molecule has 0 bridgehead atoms. The molecule has 2 heteroatoms. The Morgan fingerprint density at radius 2 is 1.21 bits per heavy atom. The van der Waals surface area contributed by atoms with E-state index >= 15 is 0 Å². The van der Waals surface area contributed by atoms with Gasteiger partial charge in [0.2, 0.25) is 0 Å². The molecule has 0 radical (unpaired) electrons. The van der Waals surface area contributed by atoms with Crippen molar-refractivity contribution in [3.05, 3.63) is 205 Å². The number of fused-ring (bicyclic) bond motifs is 6. The van der Waals surface area contributed by atoms with Crippen LogP contribution >= 0.6 is 0 Å². The summed E-state index contributed by atoms with van der Waals surface area (Å²) in [4.78, 5) is 2.38. The van der Waals surface area contributed by atoms with Gasteiger partial charge in [-0.3, -0.25) is 0 Å². The van der Waals surface area contributed by atoms with Crippen LogP contribution < -0.4 is 4.90 Å². The number of hydrogen-bond donors (Lipinski definition) is 0. The minimum absolute atomic E-state index is 0.0203. The molecular formula is C51H42N2. The van der Waals surface area contributed by atoms with Gasteiger partial charge < -0.3 is 9.47 Å². The third kappa shape index (κ3) is 5.68. The van der Waals surface area contributed by atoms with Crippen LogP contribution in [0.4, 0.5) is 11.4 Å². The first-order chi connectivity index (χ1) is 26.0. The van der Waals surface area contributed by atoms with Gasteiger partial charge >= 0.3 is 0 Å². The van der Waals surface area contributed by atoms with Gasteiger partial charge in [0.05, 0.1) is 11.0 Å². The topological polar surface area (TPSA) is 8.17 Å². The van der Waals surface area contributed by atoms with Crippen molar-refractivity contribution in [2.75, 3.05) is 11.4 Å². The second-order valence-electron chi connectivity index (χ2n) is 14.5. The highest BCUT2D eigenvalue weighted by molar-refractivity contribution is 6.10. The summed E-state index contributed by atoms with van der Waals surface area (Å²) in [6, 6.07) is 61.8. The number of rotatable bonds is 8. The number of aromatic nitrogens is 1. The first-order valence-corrected chi connectivity index (χ1v) is 18.6. The number of benzene rings is 7. The van der Waals surface area contributed by atoms with E-state index in [0.29, 0.717) is 0 Å². The van der Waals surface area contributed by atoms with Crippen molar-refractivity contribution in [2.45, 2.75) is 26.2 Å². The van der Waals surface area contributed by atoms with Crippen molar-refractivity contribution in [3.8, 4) is 27.9 Å². The van der Waals surface area contributed by atoms with Crippen LogP contribution in [0.25, 0.3) is 55.3 Å². The Kier molecular flexibility index (Phi) is 8.16. The first kappa shape index (κ1) is 32.5. The number of allylic oxidation sites excluding steroid dienone is 3. The molecular weight excluding hydrogens is 641 g/mol. The number of para-hydroxylation sites is 3. The molecule has 0 saturated carbocycles. The van der Waals surface area contributed by atoms with Gasteiger partial charge in [-0.1, -0.05) is 141 Å². The van der Waals surface area contributed by atoms with E-state index in [0.717, 1.165) is 12.2 Å². The Balaban J connectivity index is 1.01. The molecule has 0 fully saturated rings. The maximum atomic E-state index is 2.40. The largest absolute Gasteiger partial charge is 0.338 e. The summed E-state index contributed by atoms with van der Waals surface area (Å²) in [5.74, 6) is 0. The molecule has 0 aliphatic heterocycles. The molecule has 0 spiro atoms. The zero-order chi connectivity index (χ0) is 35.9. The first-order valence-electron chi connectivity index (χ1n) is 18.6. The van der Waals surface area contributed by atoms with Crippen molar-refractivity contribution in [3.63, 3.8) is 0 Å². The lowest BCUT2D eigenvalue weighted by molar-refractivity contribution is 0.660. The Morgan fingerprint density at radius 1 is 0.566 bits per heavy atom. The summed E-state index contributed by atoms with van der Waals surface area (Å²) < 4.78 is 2.37. The van der Waals surface area contributed by atoms with Gasteiger partial charge in [-0.05, 0) is 112 Å². The van der Waals surface area contributed by atoms with Crippen molar-refractivity contribution in [2.24, 2.45) is 0 Å². The molecule has 1 heterocycles. The Bertz CT molecular complexity index is 2660. The molecule has 9 rings (SSSR count). The summed E-state index contributed by atoms with van der Waals surface area (Å²) in [6.07, 6.45) is 6.80. The van der Waals surface area contributed by atoms with E-state index < -0.39 is 0 Å². The molecule has 2 nitrogen and oxygen atoms in total. The summed E-state index contributed by atoms with van der Waals surface area (Å²) in [5, 5.41) is 2.53. The molecule has 1 aliphatic carbocycles. The molecule has 53 heavy (non-hydrogen) atoms. The molecule has 256 valence electrons. The van der Waals surface area contributed by atoms with Gasteiger partial charge in [0.25, 0.3) is 0 Å². The lowest BCUT2D eigenvalue weighted by Crippen LogP contribution is -2.16. The second-order valence-corrected chi connectivity index (χ2v) is 14.5. The molecule has 0 unspecified atom stereocenters. The van der Waals surface area contributed by atoms with E-state index in [1.54, 1.807) is 0 Å². The monoisotopic (exact) mass is 682 g/mol. The summed E-state index contributed by atoms with van der Waals surface area (Å²) >= 11 is 0. The molecule has 0 amide bonds. The minimum Gasteiger partial charge on any atom is -0.338 e. The highest BCUT2D eigenvalue weighted by Gasteiger charge is 2.35. The molecule has 0 N–H and O–H groups in total. The van der Waals surface area contributed by atoms with Crippen molar-refractivity contribution >= 4 is 38.8 Å². The van der Waals surface area contributed by atoms with Gasteiger partial charge in [0.1, 0.15) is 0 Å².